The molecule has 5 heteroatoms. The number of carboxylic acid groups (broad SMARTS) is 1. The molecule has 0 aromatic carbocycles. The maximum Gasteiger partial charge on any atom is 0.339 e. The maximum atomic E-state index is 12.0. The molecule has 1 aromatic heterocycles. The van der Waals surface area contributed by atoms with Crippen LogP contribution in [0.3, 0.4) is 0 Å². The number of aryl methyl sites for hydroxylation is 1. The number of unbranched alkanes of at least 4 members (excludes halogenated alkanes) is 1. The van der Waals surface area contributed by atoms with Gasteiger partial charge in [0.2, 0.25) is 5.91 Å². The van der Waals surface area contributed by atoms with Gasteiger partial charge in [-0.3, -0.25) is 4.79 Å². The smallest absolute Gasteiger partial charge is 0.339 e. The Morgan fingerprint density at radius 1 is 1.40 bits per heavy atom. The number of furan rings is 1. The highest BCUT2D eigenvalue weighted by Crippen LogP contribution is 2.16. The van der Waals surface area contributed by atoms with E-state index in [4.69, 9.17) is 9.52 Å². The van der Waals surface area contributed by atoms with Crippen molar-refractivity contribution in [3.63, 3.8) is 0 Å². The average Bonchev–Trinajstić information content (AvgIpc) is 2.78. The van der Waals surface area contributed by atoms with Gasteiger partial charge in [0.1, 0.15) is 17.1 Å². The molecular formula is C15H23NO4. The van der Waals surface area contributed by atoms with E-state index in [9.17, 15) is 9.59 Å². The molecule has 0 saturated heterocycles. The van der Waals surface area contributed by atoms with E-state index in [-0.39, 0.29) is 23.9 Å². The quantitative estimate of drug-likeness (QED) is 0.767. The molecule has 1 aromatic rings. The second-order valence-corrected chi connectivity index (χ2v) is 4.95. The minimum atomic E-state index is -1.02. The number of hydrogen-bond donors (Lipinski definition) is 2. The minimum Gasteiger partial charge on any atom is -0.478 e. The highest BCUT2D eigenvalue weighted by molar-refractivity contribution is 5.88. The SMILES string of the molecule is CCCCC(CC)C(=O)NCc1cc(C(=O)O)c(C)o1. The first kappa shape index (κ1) is 16.3. The molecule has 1 heterocycles. The Kier molecular flexibility index (Phi) is 6.28. The number of hydrogen-bond acceptors (Lipinski definition) is 3. The van der Waals surface area contributed by atoms with Crippen LogP contribution < -0.4 is 5.32 Å². The number of carboxylic acids is 1. The molecule has 1 atom stereocenters. The topological polar surface area (TPSA) is 79.5 Å². The van der Waals surface area contributed by atoms with E-state index in [1.165, 1.54) is 6.07 Å². The van der Waals surface area contributed by atoms with Crippen molar-refractivity contribution in [2.45, 2.75) is 53.0 Å². The van der Waals surface area contributed by atoms with Gasteiger partial charge in [0.05, 0.1) is 6.54 Å². The van der Waals surface area contributed by atoms with E-state index in [2.05, 4.69) is 12.2 Å². The normalized spacial score (nSPS) is 12.2. The number of rotatable bonds is 8. The molecule has 0 aliphatic carbocycles. The van der Waals surface area contributed by atoms with Crippen LogP contribution in [0.2, 0.25) is 0 Å². The first-order valence-electron chi connectivity index (χ1n) is 7.09. The largest absolute Gasteiger partial charge is 0.478 e. The molecule has 1 unspecified atom stereocenters. The summed E-state index contributed by atoms with van der Waals surface area (Å²) in [6, 6.07) is 1.46. The van der Waals surface area contributed by atoms with E-state index < -0.39 is 5.97 Å². The predicted octanol–water partition coefficient (Wildman–Crippen LogP) is 3.12. The summed E-state index contributed by atoms with van der Waals surface area (Å²) in [6.07, 6.45) is 3.80. The lowest BCUT2D eigenvalue weighted by Crippen LogP contribution is -2.29. The van der Waals surface area contributed by atoms with Crippen LogP contribution in [0.5, 0.6) is 0 Å². The van der Waals surface area contributed by atoms with Crippen LogP contribution in [0.15, 0.2) is 10.5 Å². The minimum absolute atomic E-state index is 0.00637. The molecule has 0 radical (unpaired) electrons. The Bertz CT molecular complexity index is 464. The number of aromatic carboxylic acids is 1. The van der Waals surface area contributed by atoms with E-state index in [1.54, 1.807) is 6.92 Å². The molecule has 0 spiro atoms. The summed E-state index contributed by atoms with van der Waals surface area (Å²) < 4.78 is 5.33. The Hall–Kier alpha value is -1.78. The Morgan fingerprint density at radius 2 is 2.10 bits per heavy atom. The van der Waals surface area contributed by atoms with Crippen LogP contribution in [0.25, 0.3) is 0 Å². The summed E-state index contributed by atoms with van der Waals surface area (Å²) in [5.74, 6) is -0.159. The van der Waals surface area contributed by atoms with Crippen molar-refractivity contribution in [1.82, 2.24) is 5.32 Å². The fraction of sp³-hybridized carbons (Fsp3) is 0.600. The van der Waals surface area contributed by atoms with Crippen LogP contribution in [-0.2, 0) is 11.3 Å². The molecule has 0 aliphatic rings. The summed E-state index contributed by atoms with van der Waals surface area (Å²) in [7, 11) is 0. The monoisotopic (exact) mass is 281 g/mol. The third kappa shape index (κ3) is 4.40. The molecule has 1 rings (SSSR count). The van der Waals surface area contributed by atoms with Crippen molar-refractivity contribution >= 4 is 11.9 Å². The van der Waals surface area contributed by atoms with Gasteiger partial charge in [-0.2, -0.15) is 0 Å². The molecule has 0 saturated carbocycles. The fourth-order valence-corrected chi connectivity index (χ4v) is 2.13. The number of nitrogens with one attached hydrogen (secondary N) is 1. The van der Waals surface area contributed by atoms with Crippen LogP contribution >= 0.6 is 0 Å². The van der Waals surface area contributed by atoms with E-state index >= 15 is 0 Å². The summed E-state index contributed by atoms with van der Waals surface area (Å²) >= 11 is 0. The zero-order valence-electron chi connectivity index (χ0n) is 12.4. The zero-order valence-corrected chi connectivity index (χ0v) is 12.4. The molecule has 112 valence electrons. The molecule has 2 N–H and O–H groups in total. The average molecular weight is 281 g/mol. The van der Waals surface area contributed by atoms with Crippen LogP contribution in [-0.4, -0.2) is 17.0 Å². The predicted molar refractivity (Wildman–Crippen MR) is 75.6 cm³/mol. The van der Waals surface area contributed by atoms with Gasteiger partial charge < -0.3 is 14.8 Å². The van der Waals surface area contributed by atoms with Gasteiger partial charge in [0.25, 0.3) is 0 Å². The van der Waals surface area contributed by atoms with Crippen molar-refractivity contribution in [3.8, 4) is 0 Å². The van der Waals surface area contributed by atoms with Crippen molar-refractivity contribution in [3.05, 3.63) is 23.2 Å². The number of carbonyl (C=O) groups excluding carboxylic acids is 1. The molecule has 1 amide bonds. The van der Waals surface area contributed by atoms with Crippen molar-refractivity contribution < 1.29 is 19.1 Å². The van der Waals surface area contributed by atoms with Crippen LogP contribution in [0.1, 0.15) is 61.4 Å². The fourth-order valence-electron chi connectivity index (χ4n) is 2.13. The van der Waals surface area contributed by atoms with Crippen molar-refractivity contribution in [2.75, 3.05) is 0 Å². The molecule has 20 heavy (non-hydrogen) atoms. The third-order valence-corrected chi connectivity index (χ3v) is 3.41. The lowest BCUT2D eigenvalue weighted by molar-refractivity contribution is -0.125. The standard InChI is InChI=1S/C15H23NO4/c1-4-6-7-11(5-2)14(17)16-9-12-8-13(15(18)19)10(3)20-12/h8,11H,4-7,9H2,1-3H3,(H,16,17)(H,18,19). The highest BCUT2D eigenvalue weighted by Gasteiger charge is 2.17. The molecule has 0 fully saturated rings. The van der Waals surface area contributed by atoms with Gasteiger partial charge in [-0.15, -0.1) is 0 Å². The first-order chi connectivity index (χ1) is 9.49. The zero-order chi connectivity index (χ0) is 15.1. The summed E-state index contributed by atoms with van der Waals surface area (Å²) in [6.45, 7) is 5.93. The number of carbonyl (C=O) groups is 2. The summed E-state index contributed by atoms with van der Waals surface area (Å²) in [5.41, 5.74) is 0.146. The molecular weight excluding hydrogens is 258 g/mol. The molecule has 0 aliphatic heterocycles. The lowest BCUT2D eigenvalue weighted by atomic mass is 9.98. The maximum absolute atomic E-state index is 12.0. The summed E-state index contributed by atoms with van der Waals surface area (Å²) in [5, 5.41) is 11.7. The van der Waals surface area contributed by atoms with Gasteiger partial charge in [-0.05, 0) is 25.8 Å². The van der Waals surface area contributed by atoms with Crippen molar-refractivity contribution in [1.29, 1.82) is 0 Å². The summed E-state index contributed by atoms with van der Waals surface area (Å²) in [4.78, 5) is 22.9. The van der Waals surface area contributed by atoms with Gasteiger partial charge in [-0.25, -0.2) is 4.79 Å². The van der Waals surface area contributed by atoms with Gasteiger partial charge >= 0.3 is 5.97 Å². The van der Waals surface area contributed by atoms with E-state index in [0.717, 1.165) is 25.7 Å². The Morgan fingerprint density at radius 3 is 2.60 bits per heavy atom. The second-order valence-electron chi connectivity index (χ2n) is 4.95. The van der Waals surface area contributed by atoms with Crippen molar-refractivity contribution in [2.24, 2.45) is 5.92 Å². The highest BCUT2D eigenvalue weighted by atomic mass is 16.4. The molecule has 5 nitrogen and oxygen atoms in total. The Balaban J connectivity index is 2.55. The lowest BCUT2D eigenvalue weighted by Gasteiger charge is -2.13. The van der Waals surface area contributed by atoms with Gasteiger partial charge in [0.15, 0.2) is 0 Å². The third-order valence-electron chi connectivity index (χ3n) is 3.41. The molecule has 0 bridgehead atoms. The first-order valence-corrected chi connectivity index (χ1v) is 7.09. The van der Waals surface area contributed by atoms with Crippen LogP contribution in [0, 0.1) is 12.8 Å². The second kappa shape index (κ2) is 7.72. The van der Waals surface area contributed by atoms with E-state index in [0.29, 0.717) is 11.5 Å². The van der Waals surface area contributed by atoms with Gasteiger partial charge in [-0.1, -0.05) is 26.7 Å². The van der Waals surface area contributed by atoms with Crippen LogP contribution in [0.4, 0.5) is 0 Å². The Labute approximate surface area is 119 Å². The number of amides is 1. The van der Waals surface area contributed by atoms with Gasteiger partial charge in [0, 0.05) is 5.92 Å². The van der Waals surface area contributed by atoms with E-state index in [1.807, 2.05) is 6.92 Å².